The van der Waals surface area contributed by atoms with Gasteiger partial charge in [-0.15, -0.1) is 0 Å². The first-order valence-electron chi connectivity index (χ1n) is 12.1. The number of anilines is 2. The number of pyridine rings is 1. The molecule has 1 fully saturated rings. The van der Waals surface area contributed by atoms with Crippen LogP contribution in [0.4, 0.5) is 11.4 Å². The number of hydrogen-bond acceptors (Lipinski definition) is 7. The van der Waals surface area contributed by atoms with E-state index in [-0.39, 0.29) is 12.2 Å². The molecule has 35 heavy (non-hydrogen) atoms. The van der Waals surface area contributed by atoms with Gasteiger partial charge in [0.1, 0.15) is 0 Å². The Hall–Kier alpha value is -3.36. The lowest BCUT2D eigenvalue weighted by Crippen LogP contribution is -2.20. The van der Waals surface area contributed by atoms with Crippen molar-refractivity contribution < 1.29 is 19.4 Å². The molecule has 4 rings (SSSR count). The second kappa shape index (κ2) is 11.4. The molecule has 2 heterocycles. The number of amides is 1. The fourth-order valence-electron chi connectivity index (χ4n) is 4.54. The number of carbonyl (C=O) groups excluding carboxylic acids is 1. The van der Waals surface area contributed by atoms with Crippen molar-refractivity contribution in [1.29, 1.82) is 0 Å². The second-order valence-electron chi connectivity index (χ2n) is 8.91. The van der Waals surface area contributed by atoms with Crippen LogP contribution >= 0.6 is 0 Å². The molecule has 3 aromatic rings. The molecule has 1 aromatic heterocycles. The maximum atomic E-state index is 12.2. The fourth-order valence-corrected chi connectivity index (χ4v) is 4.54. The lowest BCUT2D eigenvalue weighted by Gasteiger charge is -2.18. The Bertz CT molecular complexity index is 1190. The molecule has 186 valence electrons. The van der Waals surface area contributed by atoms with E-state index in [0.717, 1.165) is 36.2 Å². The topological polar surface area (TPSA) is 110 Å². The van der Waals surface area contributed by atoms with Gasteiger partial charge in [0.15, 0.2) is 11.5 Å². The molecular weight excluding hydrogens is 444 g/mol. The van der Waals surface area contributed by atoms with Gasteiger partial charge in [-0.05, 0) is 75.5 Å². The summed E-state index contributed by atoms with van der Waals surface area (Å²) in [6.07, 6.45) is 6.14. The summed E-state index contributed by atoms with van der Waals surface area (Å²) in [5.74, 6) is 0.587. The molecule has 0 saturated carbocycles. The third-order valence-electron chi connectivity index (χ3n) is 6.62. The van der Waals surface area contributed by atoms with Crippen LogP contribution in [0.2, 0.25) is 0 Å². The fraction of sp³-hybridized carbons (Fsp3) is 0.407. The number of aliphatic hydroxyl groups is 1. The van der Waals surface area contributed by atoms with Crippen LogP contribution in [0.3, 0.4) is 0 Å². The molecule has 8 nitrogen and oxygen atoms in total. The van der Waals surface area contributed by atoms with Gasteiger partial charge in [-0.2, -0.15) is 0 Å². The minimum absolute atomic E-state index is 0.0757. The zero-order valence-corrected chi connectivity index (χ0v) is 20.5. The molecule has 4 N–H and O–H groups in total. The number of aromatic nitrogens is 1. The number of nitrogens with zero attached hydrogens (tertiary/aromatic N) is 2. The molecule has 1 saturated heterocycles. The van der Waals surface area contributed by atoms with Gasteiger partial charge >= 0.3 is 0 Å². The molecule has 2 aromatic carbocycles. The highest BCUT2D eigenvalue weighted by Gasteiger charge is 2.18. The number of fused-ring (bicyclic) bond motifs is 1. The molecule has 1 aliphatic rings. The number of likely N-dealkylation sites (tertiary alicyclic amines) is 1. The summed E-state index contributed by atoms with van der Waals surface area (Å²) in [7, 11) is 1.59. The van der Waals surface area contributed by atoms with Crippen LogP contribution < -0.4 is 20.5 Å². The molecule has 1 aliphatic heterocycles. The van der Waals surface area contributed by atoms with Gasteiger partial charge in [0.2, 0.25) is 0 Å². The Morgan fingerprint density at radius 2 is 2.00 bits per heavy atom. The van der Waals surface area contributed by atoms with Gasteiger partial charge in [-0.25, -0.2) is 0 Å². The van der Waals surface area contributed by atoms with Gasteiger partial charge in [0.25, 0.3) is 5.91 Å². The molecule has 0 atom stereocenters. The van der Waals surface area contributed by atoms with Crippen LogP contribution in [0.5, 0.6) is 11.5 Å². The van der Waals surface area contributed by atoms with Gasteiger partial charge in [-0.1, -0.05) is 12.1 Å². The third-order valence-corrected chi connectivity index (χ3v) is 6.62. The first kappa shape index (κ1) is 24.8. The minimum atomic E-state index is -0.588. The molecular formula is C27H34N4O4. The number of methoxy groups -OCH3 is 1. The number of nitrogens with one attached hydrogen (secondary N) is 1. The van der Waals surface area contributed by atoms with Crippen molar-refractivity contribution >= 4 is 28.2 Å². The van der Waals surface area contributed by atoms with Crippen molar-refractivity contribution in [2.75, 3.05) is 38.7 Å². The van der Waals surface area contributed by atoms with Crippen molar-refractivity contribution in [2.24, 2.45) is 5.73 Å². The van der Waals surface area contributed by atoms with Gasteiger partial charge < -0.3 is 30.5 Å². The summed E-state index contributed by atoms with van der Waals surface area (Å²) in [5, 5.41) is 13.7. The number of carbonyl (C=O) groups is 1. The van der Waals surface area contributed by atoms with Crippen LogP contribution in [0, 0.1) is 6.92 Å². The summed E-state index contributed by atoms with van der Waals surface area (Å²) in [6.45, 7) is 5.96. The first-order chi connectivity index (χ1) is 17.0. The Balaban J connectivity index is 1.60. The number of nitrogens with two attached hydrogens (primary N) is 1. The zero-order chi connectivity index (χ0) is 24.8. The van der Waals surface area contributed by atoms with E-state index in [1.54, 1.807) is 7.11 Å². The maximum absolute atomic E-state index is 12.2. The summed E-state index contributed by atoms with van der Waals surface area (Å²) in [6, 6.07) is 9.26. The number of benzene rings is 2. The summed E-state index contributed by atoms with van der Waals surface area (Å²) < 4.78 is 11.7. The second-order valence-corrected chi connectivity index (χ2v) is 8.91. The highest BCUT2D eigenvalue weighted by molar-refractivity contribution is 6.08. The summed E-state index contributed by atoms with van der Waals surface area (Å²) in [5.41, 5.74) is 9.59. The van der Waals surface area contributed by atoms with Gasteiger partial charge in [0, 0.05) is 23.3 Å². The van der Waals surface area contributed by atoms with Crippen LogP contribution in [0.1, 0.15) is 47.2 Å². The minimum Gasteiger partial charge on any atom is -0.493 e. The lowest BCUT2D eigenvalue weighted by atomic mass is 10.0. The standard InChI is InChI=1S/C27H34N4O4/c1-18-19(17-32)8-7-9-22(18)30-26-20-14-24(34-2)25(15-23(20)29-16-21(26)27(28)33)35-13-6-5-12-31-10-3-4-11-31/h7-9,14-16,32H,3-6,10-13,17H2,1-2H3,(H2,28,33)(H,29,30). The van der Waals surface area contributed by atoms with E-state index in [9.17, 15) is 9.90 Å². The Morgan fingerprint density at radius 3 is 2.71 bits per heavy atom. The highest BCUT2D eigenvalue weighted by Crippen LogP contribution is 2.38. The van der Waals surface area contributed by atoms with Crippen LogP contribution in [-0.2, 0) is 6.61 Å². The number of rotatable bonds is 11. The summed E-state index contributed by atoms with van der Waals surface area (Å²) in [4.78, 5) is 19.2. The molecule has 0 unspecified atom stereocenters. The Morgan fingerprint density at radius 1 is 1.20 bits per heavy atom. The lowest BCUT2D eigenvalue weighted by molar-refractivity contribution is 0.100. The van der Waals surface area contributed by atoms with Crippen LogP contribution in [-0.4, -0.2) is 54.2 Å². The van der Waals surface area contributed by atoms with Crippen molar-refractivity contribution in [3.05, 3.63) is 53.2 Å². The summed E-state index contributed by atoms with van der Waals surface area (Å²) >= 11 is 0. The average Bonchev–Trinajstić information content (AvgIpc) is 3.38. The van der Waals surface area contributed by atoms with Gasteiger partial charge in [0.05, 0.1) is 37.1 Å². The molecule has 0 aliphatic carbocycles. The van der Waals surface area contributed by atoms with E-state index >= 15 is 0 Å². The maximum Gasteiger partial charge on any atom is 0.252 e. The molecule has 0 spiro atoms. The third kappa shape index (κ3) is 5.66. The van der Waals surface area contributed by atoms with E-state index in [0.29, 0.717) is 34.7 Å². The van der Waals surface area contributed by atoms with E-state index in [2.05, 4.69) is 15.2 Å². The number of aliphatic hydroxyl groups excluding tert-OH is 1. The number of primary amides is 1. The van der Waals surface area contributed by atoms with E-state index in [1.807, 2.05) is 37.3 Å². The monoisotopic (exact) mass is 478 g/mol. The predicted octanol–water partition coefficient (Wildman–Crippen LogP) is 4.14. The smallest absolute Gasteiger partial charge is 0.252 e. The Labute approximate surface area is 206 Å². The van der Waals surface area contributed by atoms with E-state index in [1.165, 1.54) is 32.1 Å². The molecule has 1 amide bonds. The predicted molar refractivity (Wildman–Crippen MR) is 138 cm³/mol. The first-order valence-corrected chi connectivity index (χ1v) is 12.1. The number of hydrogen-bond donors (Lipinski definition) is 3. The quantitative estimate of drug-likeness (QED) is 0.355. The van der Waals surface area contributed by atoms with E-state index in [4.69, 9.17) is 15.2 Å². The van der Waals surface area contributed by atoms with Crippen molar-refractivity contribution in [3.63, 3.8) is 0 Å². The molecule has 8 heteroatoms. The van der Waals surface area contributed by atoms with Crippen LogP contribution in [0.15, 0.2) is 36.5 Å². The number of ether oxygens (including phenoxy) is 2. The van der Waals surface area contributed by atoms with Crippen molar-refractivity contribution in [3.8, 4) is 11.5 Å². The highest BCUT2D eigenvalue weighted by atomic mass is 16.5. The Kier molecular flexibility index (Phi) is 8.05. The van der Waals surface area contributed by atoms with Crippen LogP contribution in [0.25, 0.3) is 10.9 Å². The normalized spacial score (nSPS) is 13.8. The zero-order valence-electron chi connectivity index (χ0n) is 20.5. The SMILES string of the molecule is COc1cc2c(Nc3cccc(CO)c3C)c(C(N)=O)cnc2cc1OCCCCN1CCCC1. The van der Waals surface area contributed by atoms with E-state index < -0.39 is 5.91 Å². The van der Waals surface area contributed by atoms with Crippen molar-refractivity contribution in [1.82, 2.24) is 9.88 Å². The molecule has 0 radical (unpaired) electrons. The molecule has 0 bridgehead atoms. The number of unbranched alkanes of at least 4 members (excludes halogenated alkanes) is 1. The van der Waals surface area contributed by atoms with Crippen molar-refractivity contribution in [2.45, 2.75) is 39.2 Å². The van der Waals surface area contributed by atoms with Gasteiger partial charge in [-0.3, -0.25) is 9.78 Å². The largest absolute Gasteiger partial charge is 0.493 e. The average molecular weight is 479 g/mol.